The van der Waals surface area contributed by atoms with Crippen molar-refractivity contribution < 1.29 is 0 Å². The molecule has 16 heavy (non-hydrogen) atoms. The van der Waals surface area contributed by atoms with Gasteiger partial charge in [-0.05, 0) is 24.8 Å². The maximum Gasteiger partial charge on any atom is 0.184 e. The predicted molar refractivity (Wildman–Crippen MR) is 75.7 cm³/mol. The van der Waals surface area contributed by atoms with Gasteiger partial charge in [-0.3, -0.25) is 0 Å². The molecular weight excluding hydrogens is 236 g/mol. The molecule has 0 saturated heterocycles. The van der Waals surface area contributed by atoms with Gasteiger partial charge in [-0.1, -0.05) is 30.4 Å². The molecule has 1 atom stereocenters. The van der Waals surface area contributed by atoms with E-state index in [9.17, 15) is 0 Å². The fourth-order valence-corrected chi connectivity index (χ4v) is 3.24. The molecule has 86 valence electrons. The fraction of sp³-hybridized carbons (Fsp3) is 0.417. The van der Waals surface area contributed by atoms with Gasteiger partial charge in [0, 0.05) is 11.8 Å². The van der Waals surface area contributed by atoms with Crippen molar-refractivity contribution in [3.63, 3.8) is 0 Å². The molecule has 2 nitrogen and oxygen atoms in total. The molecule has 1 heterocycles. The average Bonchev–Trinajstić information content (AvgIpc) is 2.70. The van der Waals surface area contributed by atoms with Crippen molar-refractivity contribution in [1.82, 2.24) is 4.98 Å². The van der Waals surface area contributed by atoms with E-state index in [0.29, 0.717) is 6.04 Å². The zero-order valence-electron chi connectivity index (χ0n) is 9.56. The highest BCUT2D eigenvalue weighted by Gasteiger charge is 2.08. The van der Waals surface area contributed by atoms with Crippen molar-refractivity contribution in [3.05, 3.63) is 24.3 Å². The van der Waals surface area contributed by atoms with E-state index in [-0.39, 0.29) is 0 Å². The molecule has 0 saturated carbocycles. The van der Waals surface area contributed by atoms with E-state index < -0.39 is 0 Å². The summed E-state index contributed by atoms with van der Waals surface area (Å²) in [6, 6.07) is 8.80. The van der Waals surface area contributed by atoms with Crippen molar-refractivity contribution in [2.24, 2.45) is 0 Å². The first kappa shape index (κ1) is 11.7. The number of anilines is 1. The average molecular weight is 252 g/mol. The Balaban J connectivity index is 2.14. The molecule has 0 fully saturated rings. The Hall–Kier alpha value is -0.740. The summed E-state index contributed by atoms with van der Waals surface area (Å²) in [6.45, 7) is 2.21. The third-order valence-corrected chi connectivity index (χ3v) is 4.19. The molecule has 1 aromatic carbocycles. The minimum absolute atomic E-state index is 0.524. The molecule has 0 amide bonds. The molecule has 2 rings (SSSR count). The largest absolute Gasteiger partial charge is 0.358 e. The monoisotopic (exact) mass is 252 g/mol. The zero-order valence-corrected chi connectivity index (χ0v) is 11.2. The minimum Gasteiger partial charge on any atom is -0.358 e. The van der Waals surface area contributed by atoms with Gasteiger partial charge in [-0.2, -0.15) is 11.8 Å². The first-order valence-corrected chi connectivity index (χ1v) is 7.65. The van der Waals surface area contributed by atoms with Crippen LogP contribution in [0, 0.1) is 0 Å². The summed E-state index contributed by atoms with van der Waals surface area (Å²) in [5.41, 5.74) is 1.09. The van der Waals surface area contributed by atoms with Gasteiger partial charge in [0.15, 0.2) is 5.13 Å². The van der Waals surface area contributed by atoms with Crippen molar-refractivity contribution in [2.45, 2.75) is 19.4 Å². The number of thiazole rings is 1. The Bertz CT molecular complexity index is 420. The van der Waals surface area contributed by atoms with Gasteiger partial charge in [0.1, 0.15) is 0 Å². The van der Waals surface area contributed by atoms with Gasteiger partial charge in [-0.15, -0.1) is 0 Å². The lowest BCUT2D eigenvalue weighted by molar-refractivity contribution is 0.774. The number of hydrogen-bond donors (Lipinski definition) is 1. The molecule has 0 aliphatic rings. The van der Waals surface area contributed by atoms with Gasteiger partial charge >= 0.3 is 0 Å². The zero-order chi connectivity index (χ0) is 11.4. The molecule has 0 bridgehead atoms. The summed E-state index contributed by atoms with van der Waals surface area (Å²) in [5.74, 6) is 1.13. The van der Waals surface area contributed by atoms with Crippen LogP contribution in [0.3, 0.4) is 0 Å². The maximum atomic E-state index is 4.58. The first-order chi connectivity index (χ1) is 7.83. The lowest BCUT2D eigenvalue weighted by Crippen LogP contribution is -2.20. The summed E-state index contributed by atoms with van der Waals surface area (Å²) in [4.78, 5) is 4.58. The molecule has 0 spiro atoms. The molecule has 4 heteroatoms. The van der Waals surface area contributed by atoms with Crippen LogP contribution in [-0.2, 0) is 0 Å². The molecule has 0 aliphatic carbocycles. The lowest BCUT2D eigenvalue weighted by atomic mass is 10.3. The summed E-state index contributed by atoms with van der Waals surface area (Å²) in [6.07, 6.45) is 3.28. The maximum absolute atomic E-state index is 4.58. The van der Waals surface area contributed by atoms with Crippen LogP contribution in [-0.4, -0.2) is 23.0 Å². The SMILES string of the molecule is CCC(CSC)Nc1nc2ccccc2s1. The minimum atomic E-state index is 0.524. The van der Waals surface area contributed by atoms with Crippen molar-refractivity contribution in [2.75, 3.05) is 17.3 Å². The summed E-state index contributed by atoms with van der Waals surface area (Å²) in [7, 11) is 0. The summed E-state index contributed by atoms with van der Waals surface area (Å²) >= 11 is 3.61. The number of nitrogens with zero attached hydrogens (tertiary/aromatic N) is 1. The topological polar surface area (TPSA) is 24.9 Å². The quantitative estimate of drug-likeness (QED) is 0.875. The summed E-state index contributed by atoms with van der Waals surface area (Å²) < 4.78 is 1.25. The molecule has 2 aromatic rings. The molecular formula is C12H16N2S2. The van der Waals surface area contributed by atoms with Crippen LogP contribution in [0.5, 0.6) is 0 Å². The Labute approximate surface area is 104 Å². The molecule has 1 N–H and O–H groups in total. The van der Waals surface area contributed by atoms with Crippen LogP contribution in [0.2, 0.25) is 0 Å². The number of hydrogen-bond acceptors (Lipinski definition) is 4. The number of benzene rings is 1. The molecule has 1 unspecified atom stereocenters. The second-order valence-electron chi connectivity index (χ2n) is 3.69. The fourth-order valence-electron chi connectivity index (χ4n) is 1.57. The van der Waals surface area contributed by atoms with E-state index in [1.807, 2.05) is 17.8 Å². The van der Waals surface area contributed by atoms with Crippen LogP contribution in [0.1, 0.15) is 13.3 Å². The van der Waals surface area contributed by atoms with E-state index in [1.165, 1.54) is 4.70 Å². The second kappa shape index (κ2) is 5.55. The third kappa shape index (κ3) is 2.68. The smallest absolute Gasteiger partial charge is 0.184 e. The van der Waals surface area contributed by atoms with E-state index in [1.54, 1.807) is 11.3 Å². The third-order valence-electron chi connectivity index (χ3n) is 2.48. The second-order valence-corrected chi connectivity index (χ2v) is 5.63. The normalized spacial score (nSPS) is 12.9. The number of fused-ring (bicyclic) bond motifs is 1. The Morgan fingerprint density at radius 1 is 1.44 bits per heavy atom. The number of nitrogens with one attached hydrogen (secondary N) is 1. The van der Waals surface area contributed by atoms with Crippen molar-refractivity contribution in [3.8, 4) is 0 Å². The Morgan fingerprint density at radius 2 is 2.25 bits per heavy atom. The van der Waals surface area contributed by atoms with Crippen LogP contribution in [0.15, 0.2) is 24.3 Å². The van der Waals surface area contributed by atoms with E-state index in [0.717, 1.165) is 22.8 Å². The highest BCUT2D eigenvalue weighted by molar-refractivity contribution is 7.98. The van der Waals surface area contributed by atoms with E-state index in [4.69, 9.17) is 0 Å². The highest BCUT2D eigenvalue weighted by Crippen LogP contribution is 2.26. The van der Waals surface area contributed by atoms with E-state index >= 15 is 0 Å². The van der Waals surface area contributed by atoms with Gasteiger partial charge in [-0.25, -0.2) is 4.98 Å². The number of rotatable bonds is 5. The van der Waals surface area contributed by atoms with Gasteiger partial charge in [0.2, 0.25) is 0 Å². The first-order valence-electron chi connectivity index (χ1n) is 5.44. The van der Waals surface area contributed by atoms with E-state index in [2.05, 4.69) is 41.7 Å². The van der Waals surface area contributed by atoms with Crippen LogP contribution >= 0.6 is 23.1 Å². The van der Waals surface area contributed by atoms with Crippen molar-refractivity contribution in [1.29, 1.82) is 0 Å². The molecule has 0 aliphatic heterocycles. The number of aromatic nitrogens is 1. The van der Waals surface area contributed by atoms with Crippen LogP contribution in [0.25, 0.3) is 10.2 Å². The number of para-hydroxylation sites is 1. The van der Waals surface area contributed by atoms with Crippen LogP contribution < -0.4 is 5.32 Å². The van der Waals surface area contributed by atoms with Crippen LogP contribution in [0.4, 0.5) is 5.13 Å². The van der Waals surface area contributed by atoms with Crippen molar-refractivity contribution >= 4 is 38.4 Å². The Morgan fingerprint density at radius 3 is 2.94 bits per heavy atom. The van der Waals surface area contributed by atoms with Gasteiger partial charge in [0.25, 0.3) is 0 Å². The number of thioether (sulfide) groups is 1. The predicted octanol–water partition coefficient (Wildman–Crippen LogP) is 3.85. The van der Waals surface area contributed by atoms with Gasteiger partial charge in [0.05, 0.1) is 10.2 Å². The summed E-state index contributed by atoms with van der Waals surface area (Å²) in [5, 5.41) is 4.55. The Kier molecular flexibility index (Phi) is 4.07. The standard InChI is InChI=1S/C12H16N2S2/c1-3-9(8-15-2)13-12-14-10-6-4-5-7-11(10)16-12/h4-7,9H,3,8H2,1-2H3,(H,13,14). The van der Waals surface area contributed by atoms with Gasteiger partial charge < -0.3 is 5.32 Å². The lowest BCUT2D eigenvalue weighted by Gasteiger charge is -2.14. The molecule has 1 aromatic heterocycles. The highest BCUT2D eigenvalue weighted by atomic mass is 32.2. The molecule has 0 radical (unpaired) electrons.